The standard InChI is InChI=1S/C27H25ClN4O5S2/c1-27(2,3)26(36)32-23(38-15-17-5-7-21(28)39-17)13-19(30-32)24-18(16-9-11-29-12-10-16)6-8-22(34)31(24)14-20(33)25(35)37-4/h5-13H,14-15H2,1-4H3. The third kappa shape index (κ3) is 6.38. The van der Waals surface area contributed by atoms with Crippen molar-refractivity contribution >= 4 is 52.4 Å². The maximum atomic E-state index is 13.4. The minimum atomic E-state index is -1.07. The first kappa shape index (κ1) is 28.5. The molecule has 202 valence electrons. The molecule has 0 aliphatic heterocycles. The lowest BCUT2D eigenvalue weighted by atomic mass is 9.96. The van der Waals surface area contributed by atoms with E-state index in [0.717, 1.165) is 12.0 Å². The highest BCUT2D eigenvalue weighted by Gasteiger charge is 2.29. The molecule has 12 heteroatoms. The maximum Gasteiger partial charge on any atom is 0.376 e. The number of thiophene rings is 1. The van der Waals surface area contributed by atoms with Gasteiger partial charge in [0.1, 0.15) is 10.7 Å². The number of pyridine rings is 2. The second-order valence-corrected chi connectivity index (χ2v) is 12.3. The van der Waals surface area contributed by atoms with E-state index in [-0.39, 0.29) is 11.6 Å². The highest BCUT2D eigenvalue weighted by molar-refractivity contribution is 7.98. The molecule has 4 aromatic heterocycles. The third-order valence-corrected chi connectivity index (χ3v) is 8.09. The molecule has 0 bridgehead atoms. The van der Waals surface area contributed by atoms with Crippen molar-refractivity contribution in [2.75, 3.05) is 7.11 Å². The number of ketones is 1. The Morgan fingerprint density at radius 3 is 2.41 bits per heavy atom. The van der Waals surface area contributed by atoms with Crippen molar-refractivity contribution in [1.82, 2.24) is 19.3 Å². The second-order valence-electron chi connectivity index (χ2n) is 9.50. The van der Waals surface area contributed by atoms with E-state index in [0.29, 0.717) is 31.9 Å². The molecule has 0 aliphatic carbocycles. The van der Waals surface area contributed by atoms with Crippen molar-refractivity contribution < 1.29 is 19.1 Å². The number of esters is 1. The Morgan fingerprint density at radius 1 is 1.08 bits per heavy atom. The van der Waals surface area contributed by atoms with Crippen LogP contribution in [0.25, 0.3) is 22.5 Å². The predicted molar refractivity (Wildman–Crippen MR) is 151 cm³/mol. The van der Waals surface area contributed by atoms with Crippen LogP contribution >= 0.6 is 34.7 Å². The number of hydrogen-bond acceptors (Lipinski definition) is 9. The molecule has 9 nitrogen and oxygen atoms in total. The molecule has 0 spiro atoms. The summed E-state index contributed by atoms with van der Waals surface area (Å²) in [6, 6.07) is 11.9. The van der Waals surface area contributed by atoms with Crippen molar-refractivity contribution in [3.63, 3.8) is 0 Å². The minimum Gasteiger partial charge on any atom is -0.463 e. The third-order valence-electron chi connectivity index (χ3n) is 5.63. The molecule has 0 aliphatic rings. The van der Waals surface area contributed by atoms with Crippen LogP contribution in [0.5, 0.6) is 0 Å². The zero-order valence-electron chi connectivity index (χ0n) is 21.6. The van der Waals surface area contributed by atoms with Crippen LogP contribution < -0.4 is 5.56 Å². The van der Waals surface area contributed by atoms with Gasteiger partial charge in [-0.15, -0.1) is 23.1 Å². The Kier molecular flexibility index (Phi) is 8.53. The molecule has 0 atom stereocenters. The van der Waals surface area contributed by atoms with E-state index >= 15 is 0 Å². The lowest BCUT2D eigenvalue weighted by molar-refractivity contribution is -0.151. The molecule has 4 aromatic rings. The Bertz CT molecular complexity index is 1600. The summed E-state index contributed by atoms with van der Waals surface area (Å²) in [6.45, 7) is 4.82. The number of halogens is 1. The van der Waals surface area contributed by atoms with Gasteiger partial charge in [0.05, 0.1) is 23.7 Å². The van der Waals surface area contributed by atoms with Gasteiger partial charge in [-0.2, -0.15) is 9.78 Å². The summed E-state index contributed by atoms with van der Waals surface area (Å²) < 4.78 is 7.73. The monoisotopic (exact) mass is 584 g/mol. The number of rotatable bonds is 8. The lowest BCUT2D eigenvalue weighted by Crippen LogP contribution is -2.30. The summed E-state index contributed by atoms with van der Waals surface area (Å²) in [5.41, 5.74) is 0.589. The van der Waals surface area contributed by atoms with Crippen molar-refractivity contribution in [2.45, 2.75) is 38.1 Å². The smallest absolute Gasteiger partial charge is 0.376 e. The molecule has 4 rings (SSSR count). The summed E-state index contributed by atoms with van der Waals surface area (Å²) >= 11 is 8.93. The van der Waals surface area contributed by atoms with E-state index in [4.69, 9.17) is 11.6 Å². The first-order chi connectivity index (χ1) is 18.5. The van der Waals surface area contributed by atoms with E-state index in [1.54, 1.807) is 57.4 Å². The van der Waals surface area contributed by atoms with Crippen LogP contribution in [0.2, 0.25) is 4.34 Å². The molecule has 0 saturated carbocycles. The van der Waals surface area contributed by atoms with Crippen molar-refractivity contribution in [1.29, 1.82) is 0 Å². The summed E-state index contributed by atoms with van der Waals surface area (Å²) in [5.74, 6) is -1.68. The Balaban J connectivity index is 1.92. The number of hydrogen-bond donors (Lipinski definition) is 0. The minimum absolute atomic E-state index is 0.249. The van der Waals surface area contributed by atoms with Gasteiger partial charge in [-0.05, 0) is 35.9 Å². The Labute approximate surface area is 237 Å². The Hall–Kier alpha value is -3.54. The normalized spacial score (nSPS) is 11.4. The average molecular weight is 585 g/mol. The van der Waals surface area contributed by atoms with E-state index in [1.807, 2.05) is 12.1 Å². The van der Waals surface area contributed by atoms with E-state index in [1.165, 1.54) is 38.4 Å². The molecule has 39 heavy (non-hydrogen) atoms. The summed E-state index contributed by atoms with van der Waals surface area (Å²) in [5, 5.41) is 5.20. The van der Waals surface area contributed by atoms with Crippen LogP contribution in [-0.4, -0.2) is 44.1 Å². The van der Waals surface area contributed by atoms with Gasteiger partial charge in [-0.1, -0.05) is 32.4 Å². The Morgan fingerprint density at radius 2 is 1.79 bits per heavy atom. The van der Waals surface area contributed by atoms with Crippen LogP contribution in [0.4, 0.5) is 0 Å². The number of Topliss-reactive ketones (excluding diaryl/α,β-unsaturated/α-hetero) is 1. The molecular formula is C27H25ClN4O5S2. The number of carbonyl (C=O) groups excluding carboxylic acids is 3. The van der Waals surface area contributed by atoms with Crippen LogP contribution in [-0.2, 0) is 26.6 Å². The highest BCUT2D eigenvalue weighted by atomic mass is 35.5. The predicted octanol–water partition coefficient (Wildman–Crippen LogP) is 5.21. The number of thioether (sulfide) groups is 1. The highest BCUT2D eigenvalue weighted by Crippen LogP contribution is 2.36. The second kappa shape index (κ2) is 11.7. The largest absolute Gasteiger partial charge is 0.463 e. The van der Waals surface area contributed by atoms with Crippen LogP contribution in [0.1, 0.15) is 30.4 Å². The van der Waals surface area contributed by atoms with Crippen LogP contribution in [0.3, 0.4) is 0 Å². The van der Waals surface area contributed by atoms with Gasteiger partial charge in [0, 0.05) is 46.1 Å². The first-order valence-corrected chi connectivity index (χ1v) is 13.9. The number of aromatic nitrogens is 4. The molecule has 0 amide bonds. The fourth-order valence-corrected chi connectivity index (χ4v) is 5.84. The number of ether oxygens (including phenoxy) is 1. The topological polar surface area (TPSA) is 113 Å². The van der Waals surface area contributed by atoms with E-state index in [9.17, 15) is 19.2 Å². The van der Waals surface area contributed by atoms with Crippen LogP contribution in [0, 0.1) is 5.41 Å². The fourth-order valence-electron chi connectivity index (χ4n) is 3.72. The number of nitrogens with zero attached hydrogens (tertiary/aromatic N) is 4. The zero-order chi connectivity index (χ0) is 28.3. The maximum absolute atomic E-state index is 13.4. The summed E-state index contributed by atoms with van der Waals surface area (Å²) in [4.78, 5) is 56.1. The SMILES string of the molecule is COC(=O)C(=O)Cn1c(-c2cc(SCc3ccc(Cl)s3)n(C(=O)C(C)(C)C)n2)c(-c2ccncc2)ccc1=O. The first-order valence-electron chi connectivity index (χ1n) is 11.8. The van der Waals surface area contributed by atoms with Crippen molar-refractivity contribution in [3.8, 4) is 22.5 Å². The molecule has 0 radical (unpaired) electrons. The van der Waals surface area contributed by atoms with Gasteiger partial charge in [0.25, 0.3) is 17.2 Å². The average Bonchev–Trinajstić information content (AvgIpc) is 3.53. The molecule has 0 N–H and O–H groups in total. The molecule has 0 unspecified atom stereocenters. The van der Waals surface area contributed by atoms with Gasteiger partial charge in [0.2, 0.25) is 0 Å². The van der Waals surface area contributed by atoms with Gasteiger partial charge >= 0.3 is 5.97 Å². The molecule has 4 heterocycles. The lowest BCUT2D eigenvalue weighted by Gasteiger charge is -2.18. The molecule has 0 aromatic carbocycles. The van der Waals surface area contributed by atoms with Crippen molar-refractivity contribution in [3.05, 3.63) is 74.4 Å². The van der Waals surface area contributed by atoms with Gasteiger partial charge in [0.15, 0.2) is 0 Å². The van der Waals surface area contributed by atoms with Crippen LogP contribution in [0.15, 0.2) is 64.7 Å². The van der Waals surface area contributed by atoms with Crippen molar-refractivity contribution in [2.24, 2.45) is 5.41 Å². The summed E-state index contributed by atoms with van der Waals surface area (Å²) in [7, 11) is 1.10. The molecular weight excluding hydrogens is 560 g/mol. The fraction of sp³-hybridized carbons (Fsp3) is 0.259. The van der Waals surface area contributed by atoms with E-state index in [2.05, 4.69) is 14.8 Å². The zero-order valence-corrected chi connectivity index (χ0v) is 24.0. The van der Waals surface area contributed by atoms with Gasteiger partial charge in [-0.25, -0.2) is 4.79 Å². The van der Waals surface area contributed by atoms with Gasteiger partial charge < -0.3 is 4.74 Å². The number of carbonyl (C=O) groups is 3. The summed E-state index contributed by atoms with van der Waals surface area (Å²) in [6.07, 6.45) is 3.20. The van der Waals surface area contributed by atoms with E-state index < -0.39 is 29.3 Å². The number of methoxy groups -OCH3 is 1. The quantitative estimate of drug-likeness (QED) is 0.158. The molecule has 0 saturated heterocycles. The molecule has 0 fully saturated rings. The van der Waals surface area contributed by atoms with Gasteiger partial charge in [-0.3, -0.25) is 23.9 Å².